The highest BCUT2D eigenvalue weighted by Crippen LogP contribution is 2.13. The Kier molecular flexibility index (Phi) is 8.66. The summed E-state index contributed by atoms with van der Waals surface area (Å²) in [7, 11) is 1.74. The Labute approximate surface area is 130 Å². The summed E-state index contributed by atoms with van der Waals surface area (Å²) >= 11 is 1.83. The molecule has 118 valence electrons. The van der Waals surface area contributed by atoms with Crippen LogP contribution in [-0.2, 0) is 0 Å². The first-order valence-corrected chi connectivity index (χ1v) is 8.40. The fourth-order valence-corrected chi connectivity index (χ4v) is 2.13. The van der Waals surface area contributed by atoms with Crippen molar-refractivity contribution in [3.8, 4) is 5.75 Å². The molecular weight excluding hydrogens is 289 g/mol. The van der Waals surface area contributed by atoms with E-state index in [1.807, 2.05) is 18.7 Å². The fourth-order valence-electron chi connectivity index (χ4n) is 1.70. The SMILES string of the molecule is CN=C(NCCCSC)NCC(C)Oc1cccc(F)c1. The number of guanidine groups is 1. The maximum absolute atomic E-state index is 13.1. The molecule has 0 fully saturated rings. The number of nitrogens with one attached hydrogen (secondary N) is 2. The third kappa shape index (κ3) is 7.80. The van der Waals surface area contributed by atoms with Crippen LogP contribution in [0.4, 0.5) is 4.39 Å². The number of thioether (sulfide) groups is 1. The van der Waals surface area contributed by atoms with Crippen LogP contribution in [0.5, 0.6) is 5.75 Å². The summed E-state index contributed by atoms with van der Waals surface area (Å²) < 4.78 is 18.7. The predicted molar refractivity (Wildman–Crippen MR) is 88.9 cm³/mol. The molecule has 4 nitrogen and oxygen atoms in total. The molecule has 1 aromatic carbocycles. The molecule has 1 unspecified atom stereocenters. The molecular formula is C15H24FN3OS. The molecule has 2 N–H and O–H groups in total. The Bertz CT molecular complexity index is 443. The fraction of sp³-hybridized carbons (Fsp3) is 0.533. The Morgan fingerprint density at radius 1 is 1.43 bits per heavy atom. The smallest absolute Gasteiger partial charge is 0.191 e. The van der Waals surface area contributed by atoms with Crippen LogP contribution in [0.15, 0.2) is 29.3 Å². The lowest BCUT2D eigenvalue weighted by atomic mass is 10.3. The third-order valence-corrected chi connectivity index (χ3v) is 3.43. The summed E-state index contributed by atoms with van der Waals surface area (Å²) in [6.07, 6.45) is 3.10. The van der Waals surface area contributed by atoms with Crippen LogP contribution in [0, 0.1) is 5.82 Å². The first-order chi connectivity index (χ1) is 10.2. The molecule has 0 radical (unpaired) electrons. The van der Waals surface area contributed by atoms with E-state index >= 15 is 0 Å². The minimum Gasteiger partial charge on any atom is -0.489 e. The average molecular weight is 313 g/mol. The van der Waals surface area contributed by atoms with Gasteiger partial charge in [0, 0.05) is 19.7 Å². The zero-order valence-electron chi connectivity index (χ0n) is 12.9. The molecule has 0 aliphatic heterocycles. The van der Waals surface area contributed by atoms with E-state index in [0.717, 1.165) is 24.7 Å². The Balaban J connectivity index is 2.29. The van der Waals surface area contributed by atoms with Gasteiger partial charge in [-0.15, -0.1) is 0 Å². The first-order valence-electron chi connectivity index (χ1n) is 7.01. The second kappa shape index (κ2) is 10.3. The van der Waals surface area contributed by atoms with Gasteiger partial charge in [-0.2, -0.15) is 11.8 Å². The lowest BCUT2D eigenvalue weighted by Crippen LogP contribution is -2.42. The summed E-state index contributed by atoms with van der Waals surface area (Å²) in [4.78, 5) is 4.15. The lowest BCUT2D eigenvalue weighted by molar-refractivity contribution is 0.223. The quantitative estimate of drug-likeness (QED) is 0.440. The zero-order chi connectivity index (χ0) is 15.5. The number of hydrogen-bond acceptors (Lipinski definition) is 3. The van der Waals surface area contributed by atoms with Crippen molar-refractivity contribution in [3.63, 3.8) is 0 Å². The van der Waals surface area contributed by atoms with Gasteiger partial charge in [-0.25, -0.2) is 4.39 Å². The monoisotopic (exact) mass is 313 g/mol. The highest BCUT2D eigenvalue weighted by molar-refractivity contribution is 7.98. The minimum atomic E-state index is -0.293. The Morgan fingerprint density at radius 3 is 2.90 bits per heavy atom. The van der Waals surface area contributed by atoms with E-state index in [-0.39, 0.29) is 11.9 Å². The van der Waals surface area contributed by atoms with Gasteiger partial charge in [0.25, 0.3) is 0 Å². The van der Waals surface area contributed by atoms with Gasteiger partial charge in [-0.05, 0) is 37.5 Å². The van der Waals surface area contributed by atoms with Crippen LogP contribution in [-0.4, -0.2) is 44.2 Å². The average Bonchev–Trinajstić information content (AvgIpc) is 2.46. The van der Waals surface area contributed by atoms with Crippen LogP contribution in [0.3, 0.4) is 0 Å². The second-order valence-corrected chi connectivity index (χ2v) is 5.60. The minimum absolute atomic E-state index is 0.0865. The lowest BCUT2D eigenvalue weighted by Gasteiger charge is -2.17. The molecule has 0 aliphatic rings. The molecule has 0 saturated heterocycles. The molecule has 1 atom stereocenters. The molecule has 0 bridgehead atoms. The summed E-state index contributed by atoms with van der Waals surface area (Å²) in [5, 5.41) is 6.44. The van der Waals surface area contributed by atoms with Crippen molar-refractivity contribution in [3.05, 3.63) is 30.1 Å². The topological polar surface area (TPSA) is 45.7 Å². The first kappa shape index (κ1) is 17.6. The number of ether oxygens (including phenoxy) is 1. The molecule has 0 spiro atoms. The van der Waals surface area contributed by atoms with Crippen molar-refractivity contribution >= 4 is 17.7 Å². The van der Waals surface area contributed by atoms with E-state index in [1.165, 1.54) is 12.1 Å². The van der Waals surface area contributed by atoms with E-state index in [9.17, 15) is 4.39 Å². The molecule has 21 heavy (non-hydrogen) atoms. The summed E-state index contributed by atoms with van der Waals surface area (Å²) in [5.41, 5.74) is 0. The summed E-state index contributed by atoms with van der Waals surface area (Å²) in [6, 6.07) is 6.16. The highest BCUT2D eigenvalue weighted by Gasteiger charge is 2.06. The van der Waals surface area contributed by atoms with Gasteiger partial charge in [0.05, 0.1) is 6.54 Å². The van der Waals surface area contributed by atoms with E-state index in [2.05, 4.69) is 21.9 Å². The van der Waals surface area contributed by atoms with Gasteiger partial charge >= 0.3 is 0 Å². The number of benzene rings is 1. The number of nitrogens with zero attached hydrogens (tertiary/aromatic N) is 1. The van der Waals surface area contributed by atoms with Crippen LogP contribution in [0.2, 0.25) is 0 Å². The van der Waals surface area contributed by atoms with Crippen molar-refractivity contribution in [2.45, 2.75) is 19.4 Å². The molecule has 0 saturated carbocycles. The highest BCUT2D eigenvalue weighted by atomic mass is 32.2. The van der Waals surface area contributed by atoms with Crippen LogP contribution in [0.25, 0.3) is 0 Å². The maximum Gasteiger partial charge on any atom is 0.191 e. The van der Waals surface area contributed by atoms with Crippen molar-refractivity contribution in [2.24, 2.45) is 4.99 Å². The van der Waals surface area contributed by atoms with Crippen LogP contribution < -0.4 is 15.4 Å². The molecule has 1 aromatic rings. The third-order valence-electron chi connectivity index (χ3n) is 2.73. The molecule has 0 amide bonds. The van der Waals surface area contributed by atoms with Gasteiger partial charge in [-0.3, -0.25) is 4.99 Å². The standard InChI is InChI=1S/C15H24FN3OS/c1-12(20-14-7-4-6-13(16)10-14)11-19-15(17-2)18-8-5-9-21-3/h4,6-7,10,12H,5,8-9,11H2,1-3H3,(H2,17,18,19). The van der Waals surface area contributed by atoms with Crippen molar-refractivity contribution in [2.75, 3.05) is 32.1 Å². The normalized spacial score (nSPS) is 12.9. The van der Waals surface area contributed by atoms with Gasteiger partial charge in [0.1, 0.15) is 17.7 Å². The van der Waals surface area contributed by atoms with E-state index < -0.39 is 0 Å². The molecule has 0 aromatic heterocycles. The van der Waals surface area contributed by atoms with Crippen molar-refractivity contribution < 1.29 is 9.13 Å². The number of hydrogen-bond donors (Lipinski definition) is 2. The second-order valence-electron chi connectivity index (χ2n) is 4.61. The molecule has 6 heteroatoms. The molecule has 0 aliphatic carbocycles. The van der Waals surface area contributed by atoms with Crippen molar-refractivity contribution in [1.29, 1.82) is 0 Å². The molecule has 1 rings (SSSR count). The van der Waals surface area contributed by atoms with E-state index in [0.29, 0.717) is 12.3 Å². The van der Waals surface area contributed by atoms with E-state index in [1.54, 1.807) is 19.2 Å². The summed E-state index contributed by atoms with van der Waals surface area (Å²) in [6.45, 7) is 3.41. The van der Waals surface area contributed by atoms with Crippen molar-refractivity contribution in [1.82, 2.24) is 10.6 Å². The van der Waals surface area contributed by atoms with Gasteiger partial charge < -0.3 is 15.4 Å². The van der Waals surface area contributed by atoms with Gasteiger partial charge in [0.2, 0.25) is 0 Å². The number of rotatable bonds is 8. The van der Waals surface area contributed by atoms with Gasteiger partial charge in [0.15, 0.2) is 5.96 Å². The Morgan fingerprint density at radius 2 is 2.24 bits per heavy atom. The summed E-state index contributed by atoms with van der Waals surface area (Å²) in [5.74, 6) is 2.13. The number of aliphatic imine (C=N–C) groups is 1. The predicted octanol–water partition coefficient (Wildman–Crippen LogP) is 2.51. The zero-order valence-corrected chi connectivity index (χ0v) is 13.7. The Hall–Kier alpha value is -1.43. The maximum atomic E-state index is 13.1. The van der Waals surface area contributed by atoms with Crippen LogP contribution in [0.1, 0.15) is 13.3 Å². The van der Waals surface area contributed by atoms with Gasteiger partial charge in [-0.1, -0.05) is 6.07 Å². The molecule has 0 heterocycles. The van der Waals surface area contributed by atoms with E-state index in [4.69, 9.17) is 4.74 Å². The largest absolute Gasteiger partial charge is 0.489 e. The number of halogens is 1. The van der Waals surface area contributed by atoms with Crippen LogP contribution >= 0.6 is 11.8 Å².